The Morgan fingerprint density at radius 1 is 0.639 bits per heavy atom. The number of carboxylic acid groups (broad SMARTS) is 2. The van der Waals surface area contributed by atoms with E-state index in [2.05, 4.69) is 29.9 Å². The van der Waals surface area contributed by atoms with Gasteiger partial charge in [0.05, 0.1) is 11.1 Å². The number of rotatable bonds is 6. The van der Waals surface area contributed by atoms with Gasteiger partial charge >= 0.3 is 17.9 Å². The van der Waals surface area contributed by atoms with Crippen LogP contribution in [0.2, 0.25) is 21.1 Å². The monoisotopic (exact) mass is 586 g/mol. The van der Waals surface area contributed by atoms with Crippen molar-refractivity contribution in [3.05, 3.63) is 80.8 Å². The summed E-state index contributed by atoms with van der Waals surface area (Å²) in [5.74, 6) is -1.64. The van der Waals surface area contributed by atoms with Gasteiger partial charge in [0.25, 0.3) is 0 Å². The maximum Gasteiger partial charge on any atom is 0.335 e. The first-order valence-corrected chi connectivity index (χ1v) is 11.6. The molecule has 0 aliphatic carbocycles. The van der Waals surface area contributed by atoms with Crippen molar-refractivity contribution in [2.75, 3.05) is 0 Å². The normalized spacial score (nSPS) is 10.2. The largest absolute Gasteiger partial charge is 0.478 e. The minimum Gasteiger partial charge on any atom is -0.478 e. The van der Waals surface area contributed by atoms with E-state index in [0.717, 1.165) is 4.90 Å². The number of hydrogen-bond donors (Lipinski definition) is 2. The van der Waals surface area contributed by atoms with E-state index in [-0.39, 0.29) is 38.3 Å². The van der Waals surface area contributed by atoms with Crippen LogP contribution in [-0.4, -0.2) is 52.1 Å². The Morgan fingerprint density at radius 2 is 1.06 bits per heavy atom. The second-order valence-electron chi connectivity index (χ2n) is 6.18. The Morgan fingerprint density at radius 3 is 1.50 bits per heavy atom. The number of carbonyl (C=O) groups is 2. The lowest BCUT2D eigenvalue weighted by molar-refractivity contribution is 0.0686. The third-order valence-corrected chi connectivity index (χ3v) is 5.29. The third-order valence-electron chi connectivity index (χ3n) is 3.74. The molecular weight excluding hydrogens is 578 g/mol. The molecule has 2 heterocycles. The molecule has 2 N–H and O–H groups in total. The number of ether oxygens (including phenoxy) is 1. The van der Waals surface area contributed by atoms with Crippen molar-refractivity contribution in [1.82, 2.24) is 29.9 Å². The minimum absolute atomic E-state index is 0.0136. The Labute approximate surface area is 226 Å². The summed E-state index contributed by atoms with van der Waals surface area (Å²) < 4.78 is 5.25. The average molecular weight is 588 g/mol. The van der Waals surface area contributed by atoms with Crippen LogP contribution in [-0.2, 0) is 0 Å². The summed E-state index contributed by atoms with van der Waals surface area (Å²) in [6.45, 7) is 0. The molecule has 0 unspecified atom stereocenters. The first-order valence-electron chi connectivity index (χ1n) is 9.25. The average Bonchev–Trinajstić information content (AvgIpc) is 2.79. The topological polar surface area (TPSA) is 161 Å². The van der Waals surface area contributed by atoms with Crippen molar-refractivity contribution in [3.63, 3.8) is 0 Å². The first kappa shape index (κ1) is 27.3. The summed E-state index contributed by atoms with van der Waals surface area (Å²) in [7, 11) is 0. The fraction of sp³-hybridized carbons (Fsp3) is 0. The molecule has 11 nitrogen and oxygen atoms in total. The fourth-order valence-electron chi connectivity index (χ4n) is 2.25. The molecule has 0 atom stereocenters. The highest BCUT2D eigenvalue weighted by molar-refractivity contribution is 7.99. The van der Waals surface area contributed by atoms with Crippen LogP contribution in [0.5, 0.6) is 11.8 Å². The van der Waals surface area contributed by atoms with Crippen LogP contribution in [0.15, 0.2) is 58.6 Å². The quantitative estimate of drug-likeness (QED) is 0.283. The van der Waals surface area contributed by atoms with Gasteiger partial charge in [-0.05, 0) is 107 Å². The number of halogens is 4. The van der Waals surface area contributed by atoms with Crippen LogP contribution in [0.3, 0.4) is 0 Å². The summed E-state index contributed by atoms with van der Waals surface area (Å²) in [4.78, 5) is 44.5. The number of aromatic nitrogens is 6. The fourth-order valence-corrected chi connectivity index (χ4v) is 3.81. The van der Waals surface area contributed by atoms with Gasteiger partial charge in [-0.1, -0.05) is 0 Å². The zero-order chi connectivity index (χ0) is 26.2. The number of hydrogen-bond acceptors (Lipinski definition) is 10. The van der Waals surface area contributed by atoms with Gasteiger partial charge in [-0.15, -0.1) is 0 Å². The van der Waals surface area contributed by atoms with E-state index in [4.69, 9.17) is 61.4 Å². The summed E-state index contributed by atoms with van der Waals surface area (Å²) in [5.41, 5.74) is 0.361. The highest BCUT2D eigenvalue weighted by Crippen LogP contribution is 2.26. The Bertz CT molecular complexity index is 1250. The molecular formula is C20H10Cl4N6O5S. The van der Waals surface area contributed by atoms with Crippen molar-refractivity contribution in [2.24, 2.45) is 0 Å². The third kappa shape index (κ3) is 8.43. The Kier molecular flexibility index (Phi) is 9.56. The zero-order valence-electron chi connectivity index (χ0n) is 17.3. The minimum atomic E-state index is -1.02. The van der Waals surface area contributed by atoms with Crippen LogP contribution in [0.25, 0.3) is 0 Å². The summed E-state index contributed by atoms with van der Waals surface area (Å²) in [5, 5.41) is 17.7. The Hall–Kier alpha value is -3.29. The van der Waals surface area contributed by atoms with E-state index in [9.17, 15) is 9.59 Å². The molecule has 0 aliphatic rings. The number of carboxylic acids is 2. The molecule has 2 aromatic carbocycles. The maximum atomic E-state index is 10.7. The van der Waals surface area contributed by atoms with Crippen molar-refractivity contribution in [3.8, 4) is 11.8 Å². The second kappa shape index (κ2) is 12.6. The number of aromatic carboxylic acids is 2. The SMILES string of the molecule is O=C(O)c1ccc(Oc2nc(Cl)nc(Cl)n2)cc1.O=C(O)c1ccc(Sc2nc(Cl)nc(Cl)n2)cc1. The van der Waals surface area contributed by atoms with E-state index in [0.29, 0.717) is 10.9 Å². The smallest absolute Gasteiger partial charge is 0.335 e. The van der Waals surface area contributed by atoms with Crippen LogP contribution in [0.1, 0.15) is 20.7 Å². The standard InChI is InChI=1S/C10H5Cl2N3O3.C10H5Cl2N3O2S/c2*11-8-13-9(12)15-10(14-8)18-6-3-1-5(2-4-6)7(16)17/h2*1-4H,(H,16,17). The van der Waals surface area contributed by atoms with Gasteiger partial charge in [-0.25, -0.2) is 9.59 Å². The molecule has 0 aliphatic heterocycles. The lowest BCUT2D eigenvalue weighted by atomic mass is 10.2. The van der Waals surface area contributed by atoms with Gasteiger partial charge in [0.1, 0.15) is 5.75 Å². The van der Waals surface area contributed by atoms with Gasteiger partial charge in [0, 0.05) is 4.90 Å². The Balaban J connectivity index is 0.000000201. The van der Waals surface area contributed by atoms with Crippen molar-refractivity contribution >= 4 is 70.1 Å². The van der Waals surface area contributed by atoms with E-state index in [1.54, 1.807) is 12.1 Å². The van der Waals surface area contributed by atoms with Crippen molar-refractivity contribution < 1.29 is 24.5 Å². The molecule has 0 fully saturated rings. The second-order valence-corrected chi connectivity index (χ2v) is 8.57. The van der Waals surface area contributed by atoms with Gasteiger partial charge in [-0.2, -0.15) is 29.9 Å². The molecule has 4 rings (SSSR count). The summed E-state index contributed by atoms with van der Waals surface area (Å²) >= 11 is 23.7. The molecule has 0 radical (unpaired) electrons. The van der Waals surface area contributed by atoms with Crippen LogP contribution in [0, 0.1) is 0 Å². The van der Waals surface area contributed by atoms with Crippen LogP contribution < -0.4 is 4.74 Å². The molecule has 4 aromatic rings. The highest BCUT2D eigenvalue weighted by Gasteiger charge is 2.08. The molecule has 0 saturated carbocycles. The van der Waals surface area contributed by atoms with E-state index in [1.807, 2.05) is 0 Å². The van der Waals surface area contributed by atoms with E-state index < -0.39 is 11.9 Å². The van der Waals surface area contributed by atoms with Crippen molar-refractivity contribution in [1.29, 1.82) is 0 Å². The predicted octanol–water partition coefficient (Wildman–Crippen LogP) is 5.70. The van der Waals surface area contributed by atoms with Gasteiger partial charge in [0.2, 0.25) is 21.1 Å². The van der Waals surface area contributed by atoms with Crippen molar-refractivity contribution in [2.45, 2.75) is 10.1 Å². The lowest BCUT2D eigenvalue weighted by Crippen LogP contribution is -1.97. The highest BCUT2D eigenvalue weighted by atomic mass is 35.5. The number of nitrogens with zero attached hydrogens (tertiary/aromatic N) is 6. The molecule has 16 heteroatoms. The summed E-state index contributed by atoms with van der Waals surface area (Å²) in [6, 6.07) is 11.9. The van der Waals surface area contributed by atoms with Gasteiger partial charge in [0.15, 0.2) is 5.16 Å². The van der Waals surface area contributed by atoms with E-state index in [1.165, 1.54) is 48.2 Å². The zero-order valence-corrected chi connectivity index (χ0v) is 21.2. The summed E-state index contributed by atoms with van der Waals surface area (Å²) in [6.07, 6.45) is 0. The van der Waals surface area contributed by atoms with Gasteiger partial charge in [-0.3, -0.25) is 0 Å². The van der Waals surface area contributed by atoms with Gasteiger partial charge < -0.3 is 14.9 Å². The predicted molar refractivity (Wildman–Crippen MR) is 131 cm³/mol. The number of benzene rings is 2. The molecule has 0 saturated heterocycles. The molecule has 0 bridgehead atoms. The lowest BCUT2D eigenvalue weighted by Gasteiger charge is -2.03. The van der Waals surface area contributed by atoms with E-state index >= 15 is 0 Å². The molecule has 36 heavy (non-hydrogen) atoms. The molecule has 2 aromatic heterocycles. The molecule has 184 valence electrons. The molecule has 0 amide bonds. The van der Waals surface area contributed by atoms with Crippen LogP contribution in [0.4, 0.5) is 0 Å². The first-order chi connectivity index (χ1) is 17.1. The molecule has 0 spiro atoms. The maximum absolute atomic E-state index is 10.7. The van der Waals surface area contributed by atoms with Crippen LogP contribution >= 0.6 is 58.2 Å².